The Balaban J connectivity index is 0.767. The van der Waals surface area contributed by atoms with Gasteiger partial charge < -0.3 is 40.5 Å². The molecule has 0 radical (unpaired) electrons. The number of esters is 1. The van der Waals surface area contributed by atoms with Crippen molar-refractivity contribution in [3.05, 3.63) is 155 Å². The van der Waals surface area contributed by atoms with Crippen LogP contribution < -0.4 is 30.5 Å². The number of hydrogen-bond acceptors (Lipinski definition) is 11. The number of nitrogens with zero attached hydrogens (tertiary/aromatic N) is 6. The average molecular weight is 856 g/mol. The number of rotatable bonds is 6. The number of thiocarbonyl (C=S) groups is 1. The highest BCUT2D eigenvalue weighted by molar-refractivity contribution is 7.80. The summed E-state index contributed by atoms with van der Waals surface area (Å²) in [7, 11) is 0. The molecule has 0 saturated carbocycles. The minimum Gasteiger partial charge on any atom is -0.508 e. The van der Waals surface area contributed by atoms with Crippen LogP contribution in [0.4, 0.5) is 27.7 Å². The van der Waals surface area contributed by atoms with Crippen LogP contribution in [0.2, 0.25) is 0 Å². The second-order valence-corrected chi connectivity index (χ2v) is 16.3. The molecule has 1 spiro atoms. The Labute approximate surface area is 365 Å². The van der Waals surface area contributed by atoms with Gasteiger partial charge in [0.2, 0.25) is 0 Å². The SMILES string of the molecule is Cc1cccc(-c2ccc3c(n2)N(C(=O)Nc2cccc(-n4cc(CNC(=S)Nc5ccc6c(c5)C(=O)OC65c6ccc(O)cc6Oc6cc(O)ccc65)nn4)c2)[C@H]2CCN3C2)c1. The zero-order chi connectivity index (χ0) is 43.0. The number of carbonyl (C=O) groups excluding carboxylic acids is 2. The Morgan fingerprint density at radius 2 is 1.63 bits per heavy atom. The van der Waals surface area contributed by atoms with E-state index in [-0.39, 0.29) is 35.2 Å². The first-order chi connectivity index (χ1) is 30.6. The molecule has 1 atom stereocenters. The fraction of sp³-hybridized carbons (Fsp3) is 0.149. The minimum absolute atomic E-state index is 0.000454. The number of hydrogen-bond donors (Lipinski definition) is 5. The molecule has 2 bridgehead atoms. The standard InChI is InChI=1S/C47H37N9O6S/c1-26-4-2-5-27(18-26)39-14-15-40-43(51-39)56(32-16-17-54(40)25-32)46(60)50-28-6-3-7-31(19-28)55-24-30(52-53-55)23-48-45(63)49-29-8-11-36-35(20-29)44(59)62-47(36)37-12-9-33(57)21-41(37)61-42-22-34(58)10-13-38(42)47/h2-15,18-22,24,32,57-58H,16-17,23,25H2,1H3,(H,50,60)(H2,48,49,63)/t32-/m0/s1. The topological polar surface area (TPSA) is 179 Å². The van der Waals surface area contributed by atoms with Gasteiger partial charge in [-0.2, -0.15) is 0 Å². The van der Waals surface area contributed by atoms with Gasteiger partial charge in [0.25, 0.3) is 0 Å². The Hall–Kier alpha value is -7.98. The predicted molar refractivity (Wildman–Crippen MR) is 239 cm³/mol. The number of fused-ring (bicyclic) bond motifs is 10. The molecule has 63 heavy (non-hydrogen) atoms. The Morgan fingerprint density at radius 1 is 0.873 bits per heavy atom. The maximum absolute atomic E-state index is 14.1. The van der Waals surface area contributed by atoms with Gasteiger partial charge in [-0.05, 0) is 98.4 Å². The summed E-state index contributed by atoms with van der Waals surface area (Å²) < 4.78 is 13.9. The summed E-state index contributed by atoms with van der Waals surface area (Å²) in [6.07, 6.45) is 2.62. The number of ether oxygens (including phenoxy) is 2. The number of amides is 2. The van der Waals surface area contributed by atoms with E-state index in [1.165, 1.54) is 24.3 Å². The second-order valence-electron chi connectivity index (χ2n) is 15.9. The monoisotopic (exact) mass is 855 g/mol. The summed E-state index contributed by atoms with van der Waals surface area (Å²) in [6, 6.07) is 33.9. The zero-order valence-corrected chi connectivity index (χ0v) is 34.4. The van der Waals surface area contributed by atoms with Gasteiger partial charge in [0.05, 0.1) is 41.4 Å². The van der Waals surface area contributed by atoms with E-state index in [9.17, 15) is 19.8 Å². The molecule has 2 aromatic heterocycles. The number of pyridine rings is 1. The van der Waals surface area contributed by atoms with Crippen LogP contribution in [0.1, 0.15) is 44.7 Å². The summed E-state index contributed by atoms with van der Waals surface area (Å²) in [6.45, 7) is 3.92. The van der Waals surface area contributed by atoms with Crippen molar-refractivity contribution in [1.29, 1.82) is 0 Å². The Morgan fingerprint density at radius 3 is 2.43 bits per heavy atom. The third-order valence-corrected chi connectivity index (χ3v) is 12.1. The molecule has 5 aromatic carbocycles. The third-order valence-electron chi connectivity index (χ3n) is 11.8. The van der Waals surface area contributed by atoms with Crippen molar-refractivity contribution in [3.63, 3.8) is 0 Å². The summed E-state index contributed by atoms with van der Waals surface area (Å²) in [5, 5.41) is 38.8. The molecule has 2 amide bonds. The molecule has 312 valence electrons. The number of anilines is 4. The van der Waals surface area contributed by atoms with Gasteiger partial charge in [-0.1, -0.05) is 41.1 Å². The number of nitrogens with one attached hydrogen (secondary N) is 3. The van der Waals surface area contributed by atoms with Gasteiger partial charge in [0, 0.05) is 58.9 Å². The van der Waals surface area contributed by atoms with E-state index >= 15 is 0 Å². The van der Waals surface area contributed by atoms with Crippen molar-refractivity contribution < 1.29 is 29.3 Å². The lowest BCUT2D eigenvalue weighted by Gasteiger charge is -2.36. The fourth-order valence-electron chi connectivity index (χ4n) is 8.98. The summed E-state index contributed by atoms with van der Waals surface area (Å²) in [5.41, 5.74) is 6.96. The van der Waals surface area contributed by atoms with Gasteiger partial charge >= 0.3 is 12.0 Å². The number of phenolic OH excluding ortho intramolecular Hbond substituents is 2. The maximum atomic E-state index is 14.1. The first-order valence-electron chi connectivity index (χ1n) is 20.3. The molecule has 5 N–H and O–H groups in total. The molecule has 6 heterocycles. The molecular formula is C47H37N9O6S. The first-order valence-corrected chi connectivity index (χ1v) is 20.7. The molecule has 4 aliphatic rings. The van der Waals surface area contributed by atoms with Crippen LogP contribution in [0.25, 0.3) is 16.9 Å². The van der Waals surface area contributed by atoms with Gasteiger partial charge in [-0.25, -0.2) is 19.3 Å². The lowest BCUT2D eigenvalue weighted by molar-refractivity contribution is 0.0224. The number of aromatic nitrogens is 4. The summed E-state index contributed by atoms with van der Waals surface area (Å²) >= 11 is 5.62. The quantitative estimate of drug-likeness (QED) is 0.0811. The van der Waals surface area contributed by atoms with E-state index in [0.29, 0.717) is 62.3 Å². The molecule has 0 aliphatic carbocycles. The highest BCUT2D eigenvalue weighted by atomic mass is 32.1. The smallest absolute Gasteiger partial charge is 0.340 e. The van der Waals surface area contributed by atoms with E-state index in [1.54, 1.807) is 46.1 Å². The highest BCUT2D eigenvalue weighted by Crippen LogP contribution is 2.57. The number of benzene rings is 5. The van der Waals surface area contributed by atoms with E-state index in [1.807, 2.05) is 42.5 Å². The minimum atomic E-state index is -1.37. The Bertz CT molecular complexity index is 3010. The average Bonchev–Trinajstić information content (AvgIpc) is 4.00. The predicted octanol–water partition coefficient (Wildman–Crippen LogP) is 7.73. The molecule has 4 aliphatic heterocycles. The second kappa shape index (κ2) is 14.6. The molecule has 15 nitrogen and oxygen atoms in total. The van der Waals surface area contributed by atoms with Crippen molar-refractivity contribution in [2.45, 2.75) is 31.5 Å². The lowest BCUT2D eigenvalue weighted by Crippen LogP contribution is -2.48. The van der Waals surface area contributed by atoms with E-state index in [0.717, 1.165) is 42.0 Å². The van der Waals surface area contributed by atoms with Crippen molar-refractivity contribution in [2.24, 2.45) is 0 Å². The van der Waals surface area contributed by atoms with Crippen LogP contribution in [0.3, 0.4) is 0 Å². The van der Waals surface area contributed by atoms with Crippen LogP contribution in [-0.4, -0.2) is 66.4 Å². The summed E-state index contributed by atoms with van der Waals surface area (Å²) in [4.78, 5) is 36.7. The van der Waals surface area contributed by atoms with Gasteiger partial charge in [0.1, 0.15) is 28.7 Å². The van der Waals surface area contributed by atoms with Crippen molar-refractivity contribution >= 4 is 52.2 Å². The maximum Gasteiger partial charge on any atom is 0.340 e. The molecule has 7 aromatic rings. The number of aryl methyl sites for hydroxylation is 1. The zero-order valence-electron chi connectivity index (χ0n) is 33.6. The third kappa shape index (κ3) is 6.50. The normalized spacial score (nSPS) is 16.0. The summed E-state index contributed by atoms with van der Waals surface area (Å²) in [5.74, 6) is 0.652. The fourth-order valence-corrected chi connectivity index (χ4v) is 9.17. The molecular weight excluding hydrogens is 819 g/mol. The van der Waals surface area contributed by atoms with Crippen molar-refractivity contribution in [2.75, 3.05) is 33.5 Å². The number of aromatic hydroxyl groups is 2. The van der Waals surface area contributed by atoms with Crippen molar-refractivity contribution in [3.8, 4) is 39.9 Å². The Kier molecular flexibility index (Phi) is 8.80. The van der Waals surface area contributed by atoms with Gasteiger partial charge in [0.15, 0.2) is 16.5 Å². The number of carbonyl (C=O) groups is 2. The number of phenols is 2. The number of urea groups is 1. The van der Waals surface area contributed by atoms with Crippen LogP contribution in [0.5, 0.6) is 23.0 Å². The molecule has 16 heteroatoms. The van der Waals surface area contributed by atoms with Crippen LogP contribution >= 0.6 is 12.2 Å². The van der Waals surface area contributed by atoms with E-state index in [2.05, 4.69) is 56.3 Å². The van der Waals surface area contributed by atoms with Gasteiger partial charge in [-0.3, -0.25) is 4.90 Å². The highest BCUT2D eigenvalue weighted by Gasteiger charge is 2.54. The molecule has 11 rings (SSSR count). The van der Waals surface area contributed by atoms with Crippen LogP contribution in [0.15, 0.2) is 121 Å². The lowest BCUT2D eigenvalue weighted by atomic mass is 9.77. The van der Waals surface area contributed by atoms with Crippen molar-refractivity contribution in [1.82, 2.24) is 25.3 Å². The van der Waals surface area contributed by atoms with E-state index in [4.69, 9.17) is 26.7 Å². The molecule has 1 saturated heterocycles. The molecule has 1 fully saturated rings. The molecule has 0 unspecified atom stereocenters. The van der Waals surface area contributed by atoms with Gasteiger partial charge in [-0.15, -0.1) is 5.10 Å². The largest absolute Gasteiger partial charge is 0.508 e. The van der Waals surface area contributed by atoms with Crippen LogP contribution in [-0.2, 0) is 16.9 Å². The first kappa shape index (κ1) is 38.0. The van der Waals surface area contributed by atoms with E-state index < -0.39 is 11.6 Å². The van der Waals surface area contributed by atoms with Crippen LogP contribution in [0, 0.1) is 6.92 Å².